The van der Waals surface area contributed by atoms with Gasteiger partial charge in [0.2, 0.25) is 5.95 Å². The Morgan fingerprint density at radius 2 is 1.68 bits per heavy atom. The molecule has 1 unspecified atom stereocenters. The second-order valence-corrected chi connectivity index (χ2v) is 10.7. The highest BCUT2D eigenvalue weighted by atomic mass is 19.1. The van der Waals surface area contributed by atoms with Crippen molar-refractivity contribution in [1.82, 2.24) is 20.3 Å². The normalized spacial score (nSPS) is 16.2. The van der Waals surface area contributed by atoms with Crippen LogP contribution in [0.4, 0.5) is 4.39 Å². The molecule has 6 heteroatoms. The minimum atomic E-state index is -0.693. The smallest absolute Gasteiger partial charge is 0.212 e. The summed E-state index contributed by atoms with van der Waals surface area (Å²) in [4.78, 5) is 13.2. The first-order valence-corrected chi connectivity index (χ1v) is 14.7. The van der Waals surface area contributed by atoms with Crippen LogP contribution in [-0.2, 0) is 5.54 Å². The van der Waals surface area contributed by atoms with Crippen LogP contribution in [0, 0.1) is 5.95 Å². The van der Waals surface area contributed by atoms with Crippen LogP contribution in [0.5, 0.6) is 5.75 Å². The maximum absolute atomic E-state index is 13.6. The molecule has 6 rings (SSSR count). The number of nitrogens with one attached hydrogen (secondary N) is 1. The molecule has 1 N–H and O–H groups in total. The lowest BCUT2D eigenvalue weighted by atomic mass is 9.75. The summed E-state index contributed by atoms with van der Waals surface area (Å²) in [5.41, 5.74) is 7.80. The molecule has 0 spiro atoms. The van der Waals surface area contributed by atoms with Crippen molar-refractivity contribution in [2.45, 2.75) is 25.8 Å². The van der Waals surface area contributed by atoms with Crippen molar-refractivity contribution in [1.29, 1.82) is 0 Å². The zero-order valence-corrected chi connectivity index (χ0v) is 24.7. The molecule has 5 aromatic rings. The van der Waals surface area contributed by atoms with Gasteiger partial charge in [-0.15, -0.1) is 0 Å². The fraction of sp³-hybridized carbons (Fsp3) is 0.132. The van der Waals surface area contributed by atoms with Gasteiger partial charge in [0.05, 0.1) is 12.3 Å². The molecule has 0 aliphatic carbocycles. The number of dihydropyridines is 1. The summed E-state index contributed by atoms with van der Waals surface area (Å²) >= 11 is 0. The van der Waals surface area contributed by atoms with E-state index in [1.165, 1.54) is 12.3 Å². The summed E-state index contributed by atoms with van der Waals surface area (Å²) in [6, 6.07) is 27.5. The SMILES string of the molecule is CCCOc1ccccc1C1(c2cccnc2)NC=C(c2ncc(-c3ccc(F)nc3)cc2/C=C/c2ccccc2)C=C1C. The second-order valence-electron chi connectivity index (χ2n) is 10.7. The Balaban J connectivity index is 1.46. The average Bonchev–Trinajstić information content (AvgIpc) is 3.08. The molecule has 218 valence electrons. The van der Waals surface area contributed by atoms with Crippen LogP contribution in [0.1, 0.15) is 48.2 Å². The zero-order valence-electron chi connectivity index (χ0n) is 24.7. The van der Waals surface area contributed by atoms with Crippen LogP contribution in [0.2, 0.25) is 0 Å². The van der Waals surface area contributed by atoms with Crippen LogP contribution >= 0.6 is 0 Å². The van der Waals surface area contributed by atoms with Gasteiger partial charge in [0.15, 0.2) is 0 Å². The van der Waals surface area contributed by atoms with Gasteiger partial charge in [0.25, 0.3) is 0 Å². The van der Waals surface area contributed by atoms with E-state index in [0.29, 0.717) is 6.61 Å². The lowest BCUT2D eigenvalue weighted by Crippen LogP contribution is -2.44. The molecular formula is C38H33FN4O. The fourth-order valence-corrected chi connectivity index (χ4v) is 5.58. The number of benzene rings is 2. The van der Waals surface area contributed by atoms with Gasteiger partial charge < -0.3 is 10.1 Å². The van der Waals surface area contributed by atoms with Crippen LogP contribution in [0.15, 0.2) is 128 Å². The van der Waals surface area contributed by atoms with E-state index in [1.807, 2.05) is 61.1 Å². The fourth-order valence-electron chi connectivity index (χ4n) is 5.58. The number of nitrogens with zero attached hydrogens (tertiary/aromatic N) is 3. The van der Waals surface area contributed by atoms with E-state index >= 15 is 0 Å². The molecule has 0 saturated heterocycles. The Morgan fingerprint density at radius 3 is 2.43 bits per heavy atom. The van der Waals surface area contributed by atoms with Crippen molar-refractivity contribution in [3.63, 3.8) is 0 Å². The van der Waals surface area contributed by atoms with Gasteiger partial charge in [-0.3, -0.25) is 9.97 Å². The topological polar surface area (TPSA) is 59.9 Å². The number of aromatic nitrogens is 3. The molecule has 0 saturated carbocycles. The Bertz CT molecular complexity index is 1830. The number of rotatable bonds is 9. The lowest BCUT2D eigenvalue weighted by molar-refractivity contribution is 0.307. The molecule has 1 atom stereocenters. The zero-order chi connectivity index (χ0) is 30.4. The number of para-hydroxylation sites is 1. The third kappa shape index (κ3) is 5.79. The van der Waals surface area contributed by atoms with Crippen molar-refractivity contribution < 1.29 is 9.13 Å². The molecule has 0 amide bonds. The van der Waals surface area contributed by atoms with Gasteiger partial charge in [-0.1, -0.05) is 73.7 Å². The number of halogens is 1. The average molecular weight is 581 g/mol. The number of hydrogen-bond acceptors (Lipinski definition) is 5. The van der Waals surface area contributed by atoms with Crippen LogP contribution in [-0.4, -0.2) is 21.6 Å². The minimum absolute atomic E-state index is 0.514. The maximum Gasteiger partial charge on any atom is 0.212 e. The standard InChI is InChI=1S/C38H33FN4O/c1-3-20-44-35-14-8-7-13-34(35)38(33-12-9-19-40-26-33)27(2)21-32(25-43-38)37-29(16-15-28-10-5-4-6-11-28)22-31(24-42-37)30-17-18-36(39)41-23-30/h4-19,21-26,43H,3,20H2,1-2H3/b16-15+. The first-order chi connectivity index (χ1) is 21.6. The Labute approximate surface area is 257 Å². The molecular weight excluding hydrogens is 547 g/mol. The van der Waals surface area contributed by atoms with Gasteiger partial charge in [-0.2, -0.15) is 4.39 Å². The van der Waals surface area contributed by atoms with Crippen LogP contribution in [0.25, 0.3) is 28.9 Å². The summed E-state index contributed by atoms with van der Waals surface area (Å²) in [6.07, 6.45) is 16.3. The lowest BCUT2D eigenvalue weighted by Gasteiger charge is -2.40. The van der Waals surface area contributed by atoms with E-state index in [2.05, 4.69) is 77.7 Å². The number of hydrogen-bond donors (Lipinski definition) is 1. The Hall–Kier alpha value is -5.36. The Kier molecular flexibility index (Phi) is 8.41. The third-order valence-corrected chi connectivity index (χ3v) is 7.76. The minimum Gasteiger partial charge on any atom is -0.493 e. The van der Waals surface area contributed by atoms with E-state index < -0.39 is 11.5 Å². The van der Waals surface area contributed by atoms with E-state index in [9.17, 15) is 4.39 Å². The summed E-state index contributed by atoms with van der Waals surface area (Å²) in [7, 11) is 0. The summed E-state index contributed by atoms with van der Waals surface area (Å²) in [5, 5.41) is 3.77. The predicted molar refractivity (Wildman–Crippen MR) is 175 cm³/mol. The molecule has 5 nitrogen and oxygen atoms in total. The van der Waals surface area contributed by atoms with Gasteiger partial charge in [-0.25, -0.2) is 4.98 Å². The van der Waals surface area contributed by atoms with E-state index in [-0.39, 0.29) is 0 Å². The van der Waals surface area contributed by atoms with Crippen molar-refractivity contribution in [3.8, 4) is 16.9 Å². The summed E-state index contributed by atoms with van der Waals surface area (Å²) < 4.78 is 19.8. The van der Waals surface area contributed by atoms with Crippen molar-refractivity contribution >= 4 is 17.7 Å². The molecule has 2 aromatic carbocycles. The largest absolute Gasteiger partial charge is 0.493 e. The van der Waals surface area contributed by atoms with Gasteiger partial charge in [0.1, 0.15) is 11.3 Å². The van der Waals surface area contributed by atoms with Crippen molar-refractivity contribution in [3.05, 3.63) is 161 Å². The van der Waals surface area contributed by atoms with Crippen LogP contribution in [0.3, 0.4) is 0 Å². The molecule has 0 fully saturated rings. The van der Waals surface area contributed by atoms with Crippen molar-refractivity contribution in [2.75, 3.05) is 6.61 Å². The van der Waals surface area contributed by atoms with Gasteiger partial charge in [0, 0.05) is 64.4 Å². The second kappa shape index (κ2) is 12.9. The monoisotopic (exact) mass is 580 g/mol. The van der Waals surface area contributed by atoms with Gasteiger partial charge in [-0.05, 0) is 60.9 Å². The predicted octanol–water partition coefficient (Wildman–Crippen LogP) is 8.47. The molecule has 0 bridgehead atoms. The Morgan fingerprint density at radius 1 is 0.864 bits per heavy atom. The highest BCUT2D eigenvalue weighted by Gasteiger charge is 2.40. The summed E-state index contributed by atoms with van der Waals surface area (Å²) in [6.45, 7) is 4.86. The number of ether oxygens (including phenoxy) is 1. The molecule has 1 aliphatic rings. The maximum atomic E-state index is 13.6. The number of pyridine rings is 3. The highest BCUT2D eigenvalue weighted by Crippen LogP contribution is 2.44. The third-order valence-electron chi connectivity index (χ3n) is 7.76. The molecule has 4 heterocycles. The van der Waals surface area contributed by atoms with E-state index in [1.54, 1.807) is 12.3 Å². The molecule has 1 aliphatic heterocycles. The first-order valence-electron chi connectivity index (χ1n) is 14.7. The van der Waals surface area contributed by atoms with Crippen molar-refractivity contribution in [2.24, 2.45) is 0 Å². The van der Waals surface area contributed by atoms with E-state index in [0.717, 1.165) is 62.4 Å². The molecule has 0 radical (unpaired) electrons. The summed E-state index contributed by atoms with van der Waals surface area (Å²) in [5.74, 6) is 0.317. The number of allylic oxidation sites excluding steroid dienone is 2. The van der Waals surface area contributed by atoms with E-state index in [4.69, 9.17) is 9.72 Å². The van der Waals surface area contributed by atoms with Crippen LogP contribution < -0.4 is 10.1 Å². The van der Waals surface area contributed by atoms with Gasteiger partial charge >= 0.3 is 0 Å². The quantitative estimate of drug-likeness (QED) is 0.177. The highest BCUT2D eigenvalue weighted by molar-refractivity contribution is 5.85. The molecule has 44 heavy (non-hydrogen) atoms. The molecule has 3 aromatic heterocycles. The first kappa shape index (κ1) is 28.7.